The number of rotatable bonds is 5. The van der Waals surface area contributed by atoms with Crippen molar-refractivity contribution in [1.29, 1.82) is 0 Å². The Hall–Kier alpha value is -0.120. The predicted molar refractivity (Wildman–Crippen MR) is 64.1 cm³/mol. The lowest BCUT2D eigenvalue weighted by Crippen LogP contribution is -2.41. The summed E-state index contributed by atoms with van der Waals surface area (Å²) in [6.45, 7) is 3.86. The van der Waals surface area contributed by atoms with Crippen LogP contribution in [0.2, 0.25) is 0 Å². The van der Waals surface area contributed by atoms with Gasteiger partial charge in [-0.05, 0) is 39.4 Å². The van der Waals surface area contributed by atoms with Crippen LogP contribution in [0.1, 0.15) is 38.5 Å². The highest BCUT2D eigenvalue weighted by Crippen LogP contribution is 2.11. The van der Waals surface area contributed by atoms with Crippen LogP contribution in [0.5, 0.6) is 0 Å². The zero-order chi connectivity index (χ0) is 10.9. The molecule has 0 spiro atoms. The Morgan fingerprint density at radius 1 is 1.13 bits per heavy atom. The summed E-state index contributed by atoms with van der Waals surface area (Å²) in [5, 5.41) is 12.2. The zero-order valence-corrected chi connectivity index (χ0v) is 10.0. The first-order valence-electron chi connectivity index (χ1n) is 6.37. The van der Waals surface area contributed by atoms with Crippen molar-refractivity contribution >= 4 is 0 Å². The van der Waals surface area contributed by atoms with E-state index in [9.17, 15) is 0 Å². The smallest absolute Gasteiger partial charge is 0.0446 e. The highest BCUT2D eigenvalue weighted by molar-refractivity contribution is 4.71. The highest BCUT2D eigenvalue weighted by Gasteiger charge is 2.13. The molecule has 0 aromatic carbocycles. The molecule has 1 unspecified atom stereocenters. The van der Waals surface area contributed by atoms with Gasteiger partial charge in [-0.1, -0.05) is 19.3 Å². The van der Waals surface area contributed by atoms with Crippen LogP contribution in [0.15, 0.2) is 0 Å². The SMILES string of the molecule is CNC(CCO)CN1CCCCCCC1. The van der Waals surface area contributed by atoms with Gasteiger partial charge in [0.15, 0.2) is 0 Å². The van der Waals surface area contributed by atoms with Crippen LogP contribution in [0, 0.1) is 0 Å². The van der Waals surface area contributed by atoms with Crippen LogP contribution < -0.4 is 5.32 Å². The first-order valence-corrected chi connectivity index (χ1v) is 6.37. The second kappa shape index (κ2) is 8.08. The van der Waals surface area contributed by atoms with Gasteiger partial charge < -0.3 is 15.3 Å². The van der Waals surface area contributed by atoms with E-state index in [0.29, 0.717) is 12.6 Å². The number of hydrogen-bond acceptors (Lipinski definition) is 3. The molecule has 3 nitrogen and oxygen atoms in total. The molecule has 1 heterocycles. The maximum absolute atomic E-state index is 8.94. The Balaban J connectivity index is 2.26. The second-order valence-corrected chi connectivity index (χ2v) is 4.57. The highest BCUT2D eigenvalue weighted by atomic mass is 16.3. The van der Waals surface area contributed by atoms with E-state index in [4.69, 9.17) is 5.11 Å². The van der Waals surface area contributed by atoms with Gasteiger partial charge in [-0.15, -0.1) is 0 Å². The maximum Gasteiger partial charge on any atom is 0.0446 e. The minimum Gasteiger partial charge on any atom is -0.396 e. The Morgan fingerprint density at radius 3 is 2.27 bits per heavy atom. The van der Waals surface area contributed by atoms with Crippen molar-refractivity contribution in [2.45, 2.75) is 44.6 Å². The number of aliphatic hydroxyl groups is 1. The van der Waals surface area contributed by atoms with Crippen molar-refractivity contribution in [3.63, 3.8) is 0 Å². The molecule has 1 atom stereocenters. The third-order valence-electron chi connectivity index (χ3n) is 3.31. The normalized spacial score (nSPS) is 22.0. The summed E-state index contributed by atoms with van der Waals surface area (Å²) in [7, 11) is 1.99. The first kappa shape index (κ1) is 12.9. The van der Waals surface area contributed by atoms with Crippen LogP contribution >= 0.6 is 0 Å². The molecule has 0 aliphatic carbocycles. The fourth-order valence-electron chi connectivity index (χ4n) is 2.29. The lowest BCUT2D eigenvalue weighted by atomic mass is 10.1. The molecule has 0 aromatic rings. The molecule has 0 bridgehead atoms. The fourth-order valence-corrected chi connectivity index (χ4v) is 2.29. The standard InChI is InChI=1S/C12H26N2O/c1-13-12(7-10-15)11-14-8-5-3-2-4-6-9-14/h12-13,15H,2-11H2,1H3. The molecule has 90 valence electrons. The molecule has 0 saturated carbocycles. The van der Waals surface area contributed by atoms with Gasteiger partial charge in [0.2, 0.25) is 0 Å². The molecule has 1 fully saturated rings. The third-order valence-corrected chi connectivity index (χ3v) is 3.31. The van der Waals surface area contributed by atoms with E-state index in [2.05, 4.69) is 10.2 Å². The molecule has 0 radical (unpaired) electrons. The van der Waals surface area contributed by atoms with Crippen LogP contribution in [0.25, 0.3) is 0 Å². The van der Waals surface area contributed by atoms with E-state index in [-0.39, 0.29) is 0 Å². The van der Waals surface area contributed by atoms with Crippen LogP contribution in [-0.4, -0.2) is 49.3 Å². The summed E-state index contributed by atoms with van der Waals surface area (Å²) in [4.78, 5) is 2.55. The molecule has 1 aliphatic rings. The molecule has 1 saturated heterocycles. The summed E-state index contributed by atoms with van der Waals surface area (Å²) in [6, 6.07) is 0.453. The monoisotopic (exact) mass is 214 g/mol. The summed E-state index contributed by atoms with van der Waals surface area (Å²) < 4.78 is 0. The lowest BCUT2D eigenvalue weighted by molar-refractivity contribution is 0.199. The van der Waals surface area contributed by atoms with Gasteiger partial charge in [0, 0.05) is 19.2 Å². The van der Waals surface area contributed by atoms with E-state index < -0.39 is 0 Å². The van der Waals surface area contributed by atoms with Crippen LogP contribution in [-0.2, 0) is 0 Å². The Kier molecular flexibility index (Phi) is 6.98. The topological polar surface area (TPSA) is 35.5 Å². The Bertz CT molecular complexity index is 145. The minimum atomic E-state index is 0.291. The zero-order valence-electron chi connectivity index (χ0n) is 10.0. The largest absolute Gasteiger partial charge is 0.396 e. The minimum absolute atomic E-state index is 0.291. The van der Waals surface area contributed by atoms with Gasteiger partial charge in [-0.2, -0.15) is 0 Å². The lowest BCUT2D eigenvalue weighted by Gasteiger charge is -2.28. The maximum atomic E-state index is 8.94. The van der Waals surface area contributed by atoms with Gasteiger partial charge in [0.25, 0.3) is 0 Å². The van der Waals surface area contributed by atoms with Crippen molar-refractivity contribution in [2.24, 2.45) is 0 Å². The van der Waals surface area contributed by atoms with Crippen molar-refractivity contribution < 1.29 is 5.11 Å². The van der Waals surface area contributed by atoms with Crippen molar-refractivity contribution in [3.8, 4) is 0 Å². The average Bonchev–Trinajstić information content (AvgIpc) is 2.20. The summed E-state index contributed by atoms with van der Waals surface area (Å²) in [5.74, 6) is 0. The number of aliphatic hydroxyl groups excluding tert-OH is 1. The van der Waals surface area contributed by atoms with Gasteiger partial charge in [0.05, 0.1) is 0 Å². The van der Waals surface area contributed by atoms with Gasteiger partial charge in [-0.25, -0.2) is 0 Å². The molecule has 1 rings (SSSR count). The molecule has 0 aromatic heterocycles. The Morgan fingerprint density at radius 2 is 1.73 bits per heavy atom. The van der Waals surface area contributed by atoms with Crippen LogP contribution in [0.3, 0.4) is 0 Å². The molecule has 15 heavy (non-hydrogen) atoms. The van der Waals surface area contributed by atoms with Crippen molar-refractivity contribution in [1.82, 2.24) is 10.2 Å². The summed E-state index contributed by atoms with van der Waals surface area (Å²) in [5.41, 5.74) is 0. The fraction of sp³-hybridized carbons (Fsp3) is 1.00. The number of hydrogen-bond donors (Lipinski definition) is 2. The quantitative estimate of drug-likeness (QED) is 0.722. The Labute approximate surface area is 93.9 Å². The predicted octanol–water partition coefficient (Wildman–Crippen LogP) is 1.22. The number of likely N-dealkylation sites (tertiary alicyclic amines) is 1. The van der Waals surface area contributed by atoms with Gasteiger partial charge in [0.1, 0.15) is 0 Å². The summed E-state index contributed by atoms with van der Waals surface area (Å²) in [6.07, 6.45) is 7.75. The molecule has 1 aliphatic heterocycles. The van der Waals surface area contributed by atoms with E-state index in [1.165, 1.54) is 45.2 Å². The third kappa shape index (κ3) is 5.50. The van der Waals surface area contributed by atoms with E-state index in [1.807, 2.05) is 7.05 Å². The molecule has 3 heteroatoms. The molecular formula is C12H26N2O. The molecular weight excluding hydrogens is 188 g/mol. The molecule has 0 amide bonds. The van der Waals surface area contributed by atoms with E-state index in [1.54, 1.807) is 0 Å². The number of nitrogens with one attached hydrogen (secondary N) is 1. The van der Waals surface area contributed by atoms with E-state index >= 15 is 0 Å². The second-order valence-electron chi connectivity index (χ2n) is 4.57. The molecule has 2 N–H and O–H groups in total. The van der Waals surface area contributed by atoms with Gasteiger partial charge in [-0.3, -0.25) is 0 Å². The van der Waals surface area contributed by atoms with Crippen molar-refractivity contribution in [3.05, 3.63) is 0 Å². The van der Waals surface area contributed by atoms with Crippen molar-refractivity contribution in [2.75, 3.05) is 33.3 Å². The average molecular weight is 214 g/mol. The van der Waals surface area contributed by atoms with E-state index in [0.717, 1.165) is 13.0 Å². The number of likely N-dealkylation sites (N-methyl/N-ethyl adjacent to an activating group) is 1. The number of nitrogens with zero attached hydrogens (tertiary/aromatic N) is 1. The summed E-state index contributed by atoms with van der Waals surface area (Å²) >= 11 is 0. The van der Waals surface area contributed by atoms with Crippen LogP contribution in [0.4, 0.5) is 0 Å². The van der Waals surface area contributed by atoms with Gasteiger partial charge >= 0.3 is 0 Å². The first-order chi connectivity index (χ1) is 7.36.